The zero-order valence-corrected chi connectivity index (χ0v) is 22.9. The molecule has 1 fully saturated rings. The molecule has 0 radical (unpaired) electrons. The molecule has 3 heterocycles. The highest BCUT2D eigenvalue weighted by molar-refractivity contribution is 7.92. The molecule has 5 rings (SSSR count). The van der Waals surface area contributed by atoms with Crippen LogP contribution in [0.15, 0.2) is 79.0 Å². The van der Waals surface area contributed by atoms with Crippen molar-refractivity contribution in [2.75, 3.05) is 15.9 Å². The molecule has 2 atom stereocenters. The van der Waals surface area contributed by atoms with Gasteiger partial charge in [0.1, 0.15) is 0 Å². The van der Waals surface area contributed by atoms with Gasteiger partial charge in [-0.1, -0.05) is 23.7 Å². The van der Waals surface area contributed by atoms with Crippen LogP contribution in [0, 0.1) is 13.8 Å². The lowest BCUT2D eigenvalue weighted by Gasteiger charge is -2.28. The first-order chi connectivity index (χ1) is 17.6. The number of hydrogen-bond donors (Lipinski definition) is 2. The molecule has 0 amide bonds. The maximum atomic E-state index is 11.7. The van der Waals surface area contributed by atoms with Crippen LogP contribution in [-0.4, -0.2) is 29.3 Å². The normalized spacial score (nSPS) is 17.6. The van der Waals surface area contributed by atoms with Crippen LogP contribution < -0.4 is 14.9 Å². The van der Waals surface area contributed by atoms with E-state index in [0.29, 0.717) is 15.8 Å². The Morgan fingerprint density at radius 3 is 2.41 bits per heavy atom. The minimum Gasteiger partial charge on any atom is -0.351 e. The summed E-state index contributed by atoms with van der Waals surface area (Å²) in [6.45, 7) is 4.17. The van der Waals surface area contributed by atoms with E-state index < -0.39 is 10.0 Å². The maximum Gasteiger partial charge on any atom is 0.229 e. The van der Waals surface area contributed by atoms with E-state index in [1.807, 2.05) is 54.6 Å². The Labute approximate surface area is 227 Å². The van der Waals surface area contributed by atoms with Gasteiger partial charge in [-0.3, -0.25) is 9.71 Å². The van der Waals surface area contributed by atoms with Crippen LogP contribution in [0.25, 0.3) is 5.69 Å². The number of rotatable bonds is 6. The third-order valence-corrected chi connectivity index (χ3v) is 7.56. The fourth-order valence-electron chi connectivity index (χ4n) is 4.95. The summed E-state index contributed by atoms with van der Waals surface area (Å²) in [6.07, 6.45) is 2.91. The average molecular weight is 552 g/mol. The lowest BCUT2D eigenvalue weighted by molar-refractivity contribution is 0.565. The van der Waals surface area contributed by atoms with Crippen molar-refractivity contribution in [2.45, 2.75) is 25.9 Å². The van der Waals surface area contributed by atoms with Crippen LogP contribution >= 0.6 is 23.8 Å². The zero-order valence-electron chi connectivity index (χ0n) is 20.5. The number of aryl methyl sites for hydroxylation is 1. The topological polar surface area (TPSA) is 79.3 Å². The molecule has 10 heteroatoms. The summed E-state index contributed by atoms with van der Waals surface area (Å²) >= 11 is 12.2. The number of benzene rings is 2. The van der Waals surface area contributed by atoms with Gasteiger partial charge in [-0.15, -0.1) is 0 Å². The van der Waals surface area contributed by atoms with Gasteiger partial charge in [0.25, 0.3) is 0 Å². The van der Waals surface area contributed by atoms with Crippen molar-refractivity contribution in [3.05, 3.63) is 107 Å². The minimum atomic E-state index is -3.38. The molecule has 0 bridgehead atoms. The summed E-state index contributed by atoms with van der Waals surface area (Å²) in [5.41, 5.74) is 6.42. The highest BCUT2D eigenvalue weighted by Crippen LogP contribution is 2.44. The number of sulfonamides is 1. The molecule has 0 spiro atoms. The fraction of sp³-hybridized carbons (Fsp3) is 0.185. The van der Waals surface area contributed by atoms with E-state index in [1.165, 1.54) is 0 Å². The first-order valence-corrected chi connectivity index (χ1v) is 14.3. The van der Waals surface area contributed by atoms with Gasteiger partial charge in [0.15, 0.2) is 5.11 Å². The minimum absolute atomic E-state index is 0.198. The summed E-state index contributed by atoms with van der Waals surface area (Å²) < 4.78 is 28.0. The second-order valence-corrected chi connectivity index (χ2v) is 11.6. The predicted molar refractivity (Wildman–Crippen MR) is 153 cm³/mol. The van der Waals surface area contributed by atoms with E-state index in [9.17, 15) is 8.42 Å². The summed E-state index contributed by atoms with van der Waals surface area (Å²) in [7, 11) is -3.38. The van der Waals surface area contributed by atoms with Crippen molar-refractivity contribution in [1.29, 1.82) is 0 Å². The van der Waals surface area contributed by atoms with Crippen LogP contribution in [-0.2, 0) is 10.0 Å². The van der Waals surface area contributed by atoms with Gasteiger partial charge in [0.2, 0.25) is 10.0 Å². The molecule has 4 aromatic rings. The molecular formula is C27H26ClN5O2S2. The lowest BCUT2D eigenvalue weighted by Crippen LogP contribution is -2.29. The number of hydrogen-bond acceptors (Lipinski definition) is 4. The largest absolute Gasteiger partial charge is 0.351 e. The molecule has 2 N–H and O–H groups in total. The SMILES string of the molecule is Cc1cc(C2C(c3ccccn3)NC(=S)N2c2ccc(NS(C)(=O)=O)cc2)c(C)n1-c1cccc(Cl)c1. The Morgan fingerprint density at radius 2 is 1.76 bits per heavy atom. The van der Waals surface area contributed by atoms with E-state index in [2.05, 4.69) is 44.4 Å². The third kappa shape index (κ3) is 5.07. The summed E-state index contributed by atoms with van der Waals surface area (Å²) in [6, 6.07) is 22.6. The first-order valence-electron chi connectivity index (χ1n) is 11.7. The van der Waals surface area contributed by atoms with Crippen molar-refractivity contribution >= 4 is 50.3 Å². The van der Waals surface area contributed by atoms with Crippen molar-refractivity contribution in [2.24, 2.45) is 0 Å². The van der Waals surface area contributed by atoms with Gasteiger partial charge in [-0.25, -0.2) is 8.42 Å². The Hall–Kier alpha value is -3.40. The zero-order chi connectivity index (χ0) is 26.3. The molecule has 7 nitrogen and oxygen atoms in total. The molecule has 37 heavy (non-hydrogen) atoms. The van der Waals surface area contributed by atoms with Crippen LogP contribution in [0.2, 0.25) is 5.02 Å². The highest BCUT2D eigenvalue weighted by Gasteiger charge is 2.42. The van der Waals surface area contributed by atoms with E-state index in [-0.39, 0.29) is 12.1 Å². The number of nitrogens with one attached hydrogen (secondary N) is 2. The van der Waals surface area contributed by atoms with Gasteiger partial charge in [-0.05, 0) is 92.3 Å². The van der Waals surface area contributed by atoms with Gasteiger partial charge in [0, 0.05) is 39.7 Å². The molecule has 0 saturated carbocycles. The average Bonchev–Trinajstić information content (AvgIpc) is 3.34. The molecule has 1 aliphatic heterocycles. The van der Waals surface area contributed by atoms with Crippen LogP contribution in [0.4, 0.5) is 11.4 Å². The molecule has 2 aromatic heterocycles. The Bertz CT molecular complexity index is 1570. The summed E-state index contributed by atoms with van der Waals surface area (Å²) in [5, 5.41) is 4.72. The number of nitrogens with zero attached hydrogens (tertiary/aromatic N) is 3. The number of thiocarbonyl (C=S) groups is 1. The standard InChI is InChI=1S/C27H26ClN5O2S2/c1-17-15-23(18(2)32(17)22-8-6-7-19(28)16-22)26-25(24-9-4-5-14-29-24)30-27(36)33(26)21-12-10-20(11-13-21)31-37(3,34)35/h4-16,25-26,31H,1-3H3,(H,30,36). The van der Waals surface area contributed by atoms with Crippen molar-refractivity contribution in [3.8, 4) is 5.69 Å². The van der Waals surface area contributed by atoms with Crippen molar-refractivity contribution < 1.29 is 8.42 Å². The summed E-state index contributed by atoms with van der Waals surface area (Å²) in [5.74, 6) is 0. The van der Waals surface area contributed by atoms with Gasteiger partial charge >= 0.3 is 0 Å². The highest BCUT2D eigenvalue weighted by atomic mass is 35.5. The molecular weight excluding hydrogens is 526 g/mol. The first kappa shape index (κ1) is 25.3. The predicted octanol–water partition coefficient (Wildman–Crippen LogP) is 5.69. The molecule has 2 unspecified atom stereocenters. The number of anilines is 2. The molecule has 1 aliphatic rings. The van der Waals surface area contributed by atoms with Gasteiger partial charge in [-0.2, -0.15) is 0 Å². The number of pyridine rings is 1. The smallest absolute Gasteiger partial charge is 0.229 e. The second-order valence-electron chi connectivity index (χ2n) is 9.06. The van der Waals surface area contributed by atoms with Crippen LogP contribution in [0.3, 0.4) is 0 Å². The molecule has 2 aromatic carbocycles. The van der Waals surface area contributed by atoms with E-state index in [4.69, 9.17) is 23.8 Å². The summed E-state index contributed by atoms with van der Waals surface area (Å²) in [4.78, 5) is 6.70. The van der Waals surface area contributed by atoms with E-state index >= 15 is 0 Å². The molecule has 0 aliphatic carbocycles. The monoisotopic (exact) mass is 551 g/mol. The third-order valence-electron chi connectivity index (χ3n) is 6.40. The maximum absolute atomic E-state index is 11.7. The van der Waals surface area contributed by atoms with Gasteiger partial charge < -0.3 is 14.8 Å². The van der Waals surface area contributed by atoms with Crippen molar-refractivity contribution in [3.63, 3.8) is 0 Å². The number of aromatic nitrogens is 2. The van der Waals surface area contributed by atoms with E-state index in [1.54, 1.807) is 18.3 Å². The van der Waals surface area contributed by atoms with Crippen LogP contribution in [0.1, 0.15) is 34.7 Å². The lowest BCUT2D eigenvalue weighted by atomic mass is 9.96. The Balaban J connectivity index is 1.63. The van der Waals surface area contributed by atoms with E-state index in [0.717, 1.165) is 40.3 Å². The Morgan fingerprint density at radius 1 is 1.00 bits per heavy atom. The molecule has 1 saturated heterocycles. The van der Waals surface area contributed by atoms with Crippen molar-refractivity contribution in [1.82, 2.24) is 14.9 Å². The Kier molecular flexibility index (Phi) is 6.70. The number of halogens is 1. The fourth-order valence-corrected chi connectivity index (χ4v) is 6.05. The van der Waals surface area contributed by atoms with Crippen LogP contribution in [0.5, 0.6) is 0 Å². The van der Waals surface area contributed by atoms with Gasteiger partial charge in [0.05, 0.1) is 24.0 Å². The second kappa shape index (κ2) is 9.81. The molecule has 190 valence electrons. The quantitative estimate of drug-likeness (QED) is 0.300.